The highest BCUT2D eigenvalue weighted by molar-refractivity contribution is 6.30. The number of hydrogen-bond acceptors (Lipinski definition) is 4. The predicted molar refractivity (Wildman–Crippen MR) is 119 cm³/mol. The molecule has 31 heavy (non-hydrogen) atoms. The summed E-state index contributed by atoms with van der Waals surface area (Å²) in [5.41, 5.74) is 3.45. The van der Waals surface area contributed by atoms with Crippen LogP contribution in [0.1, 0.15) is 34.1 Å². The molecule has 3 heterocycles. The van der Waals surface area contributed by atoms with Crippen molar-refractivity contribution in [2.24, 2.45) is 0 Å². The second-order valence-electron chi connectivity index (χ2n) is 7.71. The molecule has 1 atom stereocenters. The van der Waals surface area contributed by atoms with E-state index in [9.17, 15) is 4.79 Å². The van der Waals surface area contributed by atoms with Gasteiger partial charge in [0, 0.05) is 41.2 Å². The molecule has 1 aliphatic rings. The number of carbonyl (C=O) groups is 1. The molecule has 0 spiro atoms. The number of aromatic nitrogens is 3. The van der Waals surface area contributed by atoms with Crippen molar-refractivity contribution in [3.8, 4) is 5.75 Å². The van der Waals surface area contributed by atoms with Crippen LogP contribution in [-0.4, -0.2) is 39.1 Å². The molecule has 2 aromatic heterocycles. The van der Waals surface area contributed by atoms with Crippen LogP contribution < -0.4 is 4.74 Å². The van der Waals surface area contributed by atoms with Gasteiger partial charge in [-0.2, -0.15) is 5.10 Å². The SMILES string of the molecule is O=C(c1ccc2ncccc2c1)N1CC[C@H](c2cc(COc3ccc(Cl)cc3)[nH]n2)C1. The maximum absolute atomic E-state index is 13.0. The fraction of sp³-hybridized carbons (Fsp3) is 0.208. The number of aromatic amines is 1. The number of fused-ring (bicyclic) bond motifs is 1. The van der Waals surface area contributed by atoms with Gasteiger partial charge in [-0.1, -0.05) is 17.7 Å². The zero-order valence-corrected chi connectivity index (χ0v) is 17.5. The lowest BCUT2D eigenvalue weighted by molar-refractivity contribution is 0.0791. The van der Waals surface area contributed by atoms with Crippen molar-refractivity contribution in [2.45, 2.75) is 18.9 Å². The lowest BCUT2D eigenvalue weighted by atomic mass is 10.1. The summed E-state index contributed by atoms with van der Waals surface area (Å²) in [6.45, 7) is 1.78. The monoisotopic (exact) mass is 432 g/mol. The van der Waals surface area contributed by atoms with Crippen molar-refractivity contribution in [1.29, 1.82) is 0 Å². The molecule has 6 nitrogen and oxygen atoms in total. The van der Waals surface area contributed by atoms with Crippen LogP contribution >= 0.6 is 11.6 Å². The highest BCUT2D eigenvalue weighted by Crippen LogP contribution is 2.28. The van der Waals surface area contributed by atoms with Gasteiger partial charge in [-0.05, 0) is 61.0 Å². The van der Waals surface area contributed by atoms with Crippen molar-refractivity contribution in [3.05, 3.63) is 88.8 Å². The summed E-state index contributed by atoms with van der Waals surface area (Å²) in [7, 11) is 0. The number of amides is 1. The van der Waals surface area contributed by atoms with E-state index in [0.29, 0.717) is 23.7 Å². The number of nitrogens with one attached hydrogen (secondary N) is 1. The number of benzene rings is 2. The number of nitrogens with zero attached hydrogens (tertiary/aromatic N) is 3. The Morgan fingerprint density at radius 3 is 2.90 bits per heavy atom. The molecule has 1 fully saturated rings. The zero-order valence-electron chi connectivity index (χ0n) is 16.8. The highest BCUT2D eigenvalue weighted by atomic mass is 35.5. The molecule has 0 saturated carbocycles. The number of H-pyrrole nitrogens is 1. The Morgan fingerprint density at radius 1 is 1.16 bits per heavy atom. The van der Waals surface area contributed by atoms with E-state index >= 15 is 0 Å². The Bertz CT molecular complexity index is 1220. The lowest BCUT2D eigenvalue weighted by Gasteiger charge is -2.16. The molecule has 1 N–H and O–H groups in total. The molecule has 156 valence electrons. The minimum Gasteiger partial charge on any atom is -0.487 e. The fourth-order valence-corrected chi connectivity index (χ4v) is 4.06. The third-order valence-electron chi connectivity index (χ3n) is 5.60. The molecule has 5 rings (SSSR count). The number of rotatable bonds is 5. The Labute approximate surface area is 184 Å². The smallest absolute Gasteiger partial charge is 0.253 e. The molecule has 4 aromatic rings. The summed E-state index contributed by atoms with van der Waals surface area (Å²) in [6.07, 6.45) is 2.65. The van der Waals surface area contributed by atoms with Crippen LogP contribution in [0.3, 0.4) is 0 Å². The first-order valence-corrected chi connectivity index (χ1v) is 10.6. The van der Waals surface area contributed by atoms with Gasteiger partial charge >= 0.3 is 0 Å². The summed E-state index contributed by atoms with van der Waals surface area (Å²) in [5.74, 6) is 1.02. The average Bonchev–Trinajstić information content (AvgIpc) is 3.48. The van der Waals surface area contributed by atoms with Gasteiger partial charge < -0.3 is 9.64 Å². The van der Waals surface area contributed by atoms with Gasteiger partial charge in [0.1, 0.15) is 12.4 Å². The van der Waals surface area contributed by atoms with E-state index in [4.69, 9.17) is 16.3 Å². The molecule has 0 unspecified atom stereocenters. The van der Waals surface area contributed by atoms with E-state index in [0.717, 1.165) is 41.0 Å². The summed E-state index contributed by atoms with van der Waals surface area (Å²) in [5, 5.41) is 9.16. The first kappa shape index (κ1) is 19.6. The van der Waals surface area contributed by atoms with E-state index in [2.05, 4.69) is 15.2 Å². The van der Waals surface area contributed by atoms with Gasteiger partial charge in [0.2, 0.25) is 0 Å². The fourth-order valence-electron chi connectivity index (χ4n) is 3.93. The molecule has 7 heteroatoms. The summed E-state index contributed by atoms with van der Waals surface area (Å²) < 4.78 is 5.78. The Morgan fingerprint density at radius 2 is 2.03 bits per heavy atom. The highest BCUT2D eigenvalue weighted by Gasteiger charge is 2.29. The zero-order chi connectivity index (χ0) is 21.2. The lowest BCUT2D eigenvalue weighted by Crippen LogP contribution is -2.28. The van der Waals surface area contributed by atoms with Crippen LogP contribution in [0.25, 0.3) is 10.9 Å². The van der Waals surface area contributed by atoms with Crippen molar-refractivity contribution >= 4 is 28.4 Å². The molecular weight excluding hydrogens is 412 g/mol. The molecule has 1 amide bonds. The maximum atomic E-state index is 13.0. The van der Waals surface area contributed by atoms with E-state index in [1.165, 1.54) is 0 Å². The molecule has 1 aliphatic heterocycles. The summed E-state index contributed by atoms with van der Waals surface area (Å²) in [6, 6.07) is 18.8. The van der Waals surface area contributed by atoms with Crippen molar-refractivity contribution < 1.29 is 9.53 Å². The number of hydrogen-bond donors (Lipinski definition) is 1. The summed E-state index contributed by atoms with van der Waals surface area (Å²) >= 11 is 5.90. The normalized spacial score (nSPS) is 16.0. The van der Waals surface area contributed by atoms with E-state index in [-0.39, 0.29) is 11.8 Å². The molecular formula is C24H21ClN4O2. The van der Waals surface area contributed by atoms with Gasteiger partial charge in [0.05, 0.1) is 16.9 Å². The Balaban J connectivity index is 1.22. The topological polar surface area (TPSA) is 71.1 Å². The Kier molecular flexibility index (Phi) is 5.30. The van der Waals surface area contributed by atoms with Gasteiger partial charge in [-0.3, -0.25) is 14.9 Å². The maximum Gasteiger partial charge on any atom is 0.253 e. The minimum absolute atomic E-state index is 0.0510. The largest absolute Gasteiger partial charge is 0.487 e. The van der Waals surface area contributed by atoms with Crippen molar-refractivity contribution in [1.82, 2.24) is 20.1 Å². The van der Waals surface area contributed by atoms with Crippen LogP contribution in [0.2, 0.25) is 5.02 Å². The van der Waals surface area contributed by atoms with Gasteiger partial charge in [0.25, 0.3) is 5.91 Å². The van der Waals surface area contributed by atoms with Gasteiger partial charge in [0.15, 0.2) is 0 Å². The van der Waals surface area contributed by atoms with Crippen LogP contribution in [0.5, 0.6) is 5.75 Å². The third kappa shape index (κ3) is 4.25. The van der Waals surface area contributed by atoms with E-state index in [1.807, 2.05) is 53.4 Å². The van der Waals surface area contributed by atoms with Crippen LogP contribution in [0.4, 0.5) is 0 Å². The minimum atomic E-state index is 0.0510. The molecule has 0 radical (unpaired) electrons. The van der Waals surface area contributed by atoms with Crippen LogP contribution in [0.15, 0.2) is 66.9 Å². The number of halogens is 1. The number of pyridine rings is 1. The van der Waals surface area contributed by atoms with Crippen LogP contribution in [0, 0.1) is 0 Å². The summed E-state index contributed by atoms with van der Waals surface area (Å²) in [4.78, 5) is 19.2. The van der Waals surface area contributed by atoms with Gasteiger partial charge in [-0.15, -0.1) is 0 Å². The number of ether oxygens (including phenoxy) is 1. The first-order chi connectivity index (χ1) is 15.2. The third-order valence-corrected chi connectivity index (χ3v) is 5.85. The number of carbonyl (C=O) groups excluding carboxylic acids is 1. The average molecular weight is 433 g/mol. The molecule has 0 aliphatic carbocycles. The predicted octanol–water partition coefficient (Wildman–Crippen LogP) is 4.82. The Hall–Kier alpha value is -3.38. The van der Waals surface area contributed by atoms with Crippen molar-refractivity contribution in [2.75, 3.05) is 13.1 Å². The first-order valence-electron chi connectivity index (χ1n) is 10.2. The second kappa shape index (κ2) is 8.40. The number of likely N-dealkylation sites (tertiary alicyclic amines) is 1. The quantitative estimate of drug-likeness (QED) is 0.490. The van der Waals surface area contributed by atoms with E-state index < -0.39 is 0 Å². The van der Waals surface area contributed by atoms with Crippen molar-refractivity contribution in [3.63, 3.8) is 0 Å². The molecule has 0 bridgehead atoms. The second-order valence-corrected chi connectivity index (χ2v) is 8.14. The standard InChI is InChI=1S/C24H21ClN4O2/c25-19-4-6-21(7-5-19)31-15-20-13-23(28-27-20)18-9-11-29(14-18)24(30)17-3-8-22-16(12-17)2-1-10-26-22/h1-8,10,12-13,18H,9,11,14-15H2,(H,27,28)/t18-/m0/s1. The van der Waals surface area contributed by atoms with E-state index in [1.54, 1.807) is 18.3 Å². The van der Waals surface area contributed by atoms with Gasteiger partial charge in [-0.25, -0.2) is 0 Å². The molecule has 1 saturated heterocycles. The molecule has 2 aromatic carbocycles. The van der Waals surface area contributed by atoms with Crippen LogP contribution in [-0.2, 0) is 6.61 Å².